The highest BCUT2D eigenvalue weighted by Gasteiger charge is 2.16. The van der Waals surface area contributed by atoms with Gasteiger partial charge in [-0.1, -0.05) is 0 Å². The number of carbonyl (C=O) groups is 1. The summed E-state index contributed by atoms with van der Waals surface area (Å²) in [4.78, 5) is 23.8. The van der Waals surface area contributed by atoms with E-state index in [0.29, 0.717) is 12.4 Å². The minimum atomic E-state index is -0.539. The lowest BCUT2D eigenvalue weighted by molar-refractivity contribution is 0.0635. The summed E-state index contributed by atoms with van der Waals surface area (Å²) < 4.78 is 5.16. The average Bonchev–Trinajstić information content (AvgIpc) is 2.45. The third-order valence-electron chi connectivity index (χ3n) is 2.51. The van der Waals surface area contributed by atoms with Gasteiger partial charge in [-0.25, -0.2) is 19.7 Å². The van der Waals surface area contributed by atoms with Gasteiger partial charge in [0.15, 0.2) is 0 Å². The fourth-order valence-corrected chi connectivity index (χ4v) is 1.60. The number of pyridine rings is 1. The van der Waals surface area contributed by atoms with Gasteiger partial charge in [0, 0.05) is 6.20 Å². The van der Waals surface area contributed by atoms with Crippen molar-refractivity contribution >= 4 is 17.6 Å². The van der Waals surface area contributed by atoms with Crippen molar-refractivity contribution in [2.45, 2.75) is 32.9 Å². The highest BCUT2D eigenvalue weighted by atomic mass is 16.6. The Hall–Kier alpha value is -2.70. The van der Waals surface area contributed by atoms with E-state index in [2.05, 4.69) is 25.6 Å². The number of amides is 1. The summed E-state index contributed by atoms with van der Waals surface area (Å²) in [6.07, 6.45) is 4.30. The van der Waals surface area contributed by atoms with E-state index in [0.717, 1.165) is 11.4 Å². The first-order valence-electron chi connectivity index (χ1n) is 6.87. The lowest BCUT2D eigenvalue weighted by Gasteiger charge is -2.19. The molecule has 0 aromatic carbocycles. The van der Waals surface area contributed by atoms with Crippen LogP contribution < -0.4 is 10.6 Å². The molecule has 2 N–H and O–H groups in total. The molecule has 2 rings (SSSR count). The van der Waals surface area contributed by atoms with E-state index in [-0.39, 0.29) is 0 Å². The SMILES string of the molecule is CC(C)(C)OC(=O)Nc1ccc(NCc2ccncn2)cn1. The summed E-state index contributed by atoms with van der Waals surface area (Å²) in [7, 11) is 0. The zero-order valence-corrected chi connectivity index (χ0v) is 12.8. The van der Waals surface area contributed by atoms with Crippen molar-refractivity contribution in [3.8, 4) is 0 Å². The van der Waals surface area contributed by atoms with Crippen molar-refractivity contribution in [3.05, 3.63) is 42.6 Å². The van der Waals surface area contributed by atoms with Crippen LogP contribution in [0.25, 0.3) is 0 Å². The monoisotopic (exact) mass is 301 g/mol. The van der Waals surface area contributed by atoms with Crippen LogP contribution in [0.5, 0.6) is 0 Å². The van der Waals surface area contributed by atoms with Gasteiger partial charge in [-0.2, -0.15) is 0 Å². The van der Waals surface area contributed by atoms with E-state index in [4.69, 9.17) is 4.74 Å². The standard InChI is InChI=1S/C15H19N5O2/c1-15(2,3)22-14(21)20-13-5-4-11(9-18-13)17-8-12-6-7-16-10-19-12/h4-7,9-10,17H,8H2,1-3H3,(H,18,20,21). The van der Waals surface area contributed by atoms with Gasteiger partial charge < -0.3 is 10.1 Å². The molecule has 7 heteroatoms. The summed E-state index contributed by atoms with van der Waals surface area (Å²) in [5, 5.41) is 5.76. The molecular formula is C15H19N5O2. The minimum Gasteiger partial charge on any atom is -0.444 e. The Kier molecular flexibility index (Phi) is 4.88. The topological polar surface area (TPSA) is 89.0 Å². The van der Waals surface area contributed by atoms with Gasteiger partial charge in [0.25, 0.3) is 0 Å². The fourth-order valence-electron chi connectivity index (χ4n) is 1.60. The number of aromatic nitrogens is 3. The molecule has 116 valence electrons. The van der Waals surface area contributed by atoms with Crippen molar-refractivity contribution in [2.24, 2.45) is 0 Å². The normalized spacial score (nSPS) is 10.9. The number of hydrogen-bond acceptors (Lipinski definition) is 6. The van der Waals surface area contributed by atoms with Crippen LogP contribution in [0, 0.1) is 0 Å². The number of nitrogens with zero attached hydrogens (tertiary/aromatic N) is 3. The predicted octanol–water partition coefficient (Wildman–Crippen LogP) is 2.83. The van der Waals surface area contributed by atoms with Crippen molar-refractivity contribution in [1.29, 1.82) is 0 Å². The second kappa shape index (κ2) is 6.84. The molecule has 22 heavy (non-hydrogen) atoms. The molecule has 0 aliphatic heterocycles. The third kappa shape index (κ3) is 5.35. The molecule has 7 nitrogen and oxygen atoms in total. The second-order valence-electron chi connectivity index (χ2n) is 5.61. The zero-order chi connectivity index (χ0) is 16.0. The predicted molar refractivity (Wildman–Crippen MR) is 83.5 cm³/mol. The van der Waals surface area contributed by atoms with Crippen molar-refractivity contribution in [1.82, 2.24) is 15.0 Å². The molecular weight excluding hydrogens is 282 g/mol. The number of nitrogens with one attached hydrogen (secondary N) is 2. The quantitative estimate of drug-likeness (QED) is 0.902. The van der Waals surface area contributed by atoms with Gasteiger partial charge in [-0.3, -0.25) is 5.32 Å². The van der Waals surface area contributed by atoms with E-state index in [1.165, 1.54) is 6.33 Å². The Morgan fingerprint density at radius 1 is 1.23 bits per heavy atom. The Morgan fingerprint density at radius 3 is 2.64 bits per heavy atom. The lowest BCUT2D eigenvalue weighted by Crippen LogP contribution is -2.27. The Bertz CT molecular complexity index is 608. The summed E-state index contributed by atoms with van der Waals surface area (Å²) in [5.41, 5.74) is 1.17. The van der Waals surface area contributed by atoms with E-state index in [1.807, 2.05) is 12.1 Å². The van der Waals surface area contributed by atoms with Gasteiger partial charge >= 0.3 is 6.09 Å². The highest BCUT2D eigenvalue weighted by molar-refractivity contribution is 5.83. The van der Waals surface area contributed by atoms with Crippen LogP contribution in [-0.2, 0) is 11.3 Å². The second-order valence-corrected chi connectivity index (χ2v) is 5.61. The smallest absolute Gasteiger partial charge is 0.413 e. The third-order valence-corrected chi connectivity index (χ3v) is 2.51. The van der Waals surface area contributed by atoms with Gasteiger partial charge in [-0.05, 0) is 39.0 Å². The molecule has 0 spiro atoms. The highest BCUT2D eigenvalue weighted by Crippen LogP contribution is 2.13. The largest absolute Gasteiger partial charge is 0.444 e. The van der Waals surface area contributed by atoms with Crippen LogP contribution in [0.3, 0.4) is 0 Å². The van der Waals surface area contributed by atoms with Crippen LogP contribution in [0.1, 0.15) is 26.5 Å². The number of ether oxygens (including phenoxy) is 1. The van der Waals surface area contributed by atoms with E-state index >= 15 is 0 Å². The number of hydrogen-bond donors (Lipinski definition) is 2. The van der Waals surface area contributed by atoms with Crippen molar-refractivity contribution in [2.75, 3.05) is 10.6 Å². The summed E-state index contributed by atoms with van der Waals surface area (Å²) in [6.45, 7) is 5.99. The Labute approximate surface area is 129 Å². The Morgan fingerprint density at radius 2 is 2.05 bits per heavy atom. The molecule has 2 aromatic heterocycles. The van der Waals surface area contributed by atoms with Crippen LogP contribution in [0.4, 0.5) is 16.3 Å². The first-order valence-corrected chi connectivity index (χ1v) is 6.87. The molecule has 2 aromatic rings. The number of carbonyl (C=O) groups excluding carboxylic acids is 1. The molecule has 0 aliphatic carbocycles. The molecule has 0 saturated carbocycles. The molecule has 0 bridgehead atoms. The van der Waals surface area contributed by atoms with Gasteiger partial charge in [0.2, 0.25) is 0 Å². The van der Waals surface area contributed by atoms with Crippen LogP contribution in [0.2, 0.25) is 0 Å². The fraction of sp³-hybridized carbons (Fsp3) is 0.333. The van der Waals surface area contributed by atoms with Gasteiger partial charge in [0.1, 0.15) is 17.7 Å². The summed E-state index contributed by atoms with van der Waals surface area (Å²) in [6, 6.07) is 5.35. The van der Waals surface area contributed by atoms with Gasteiger partial charge in [-0.15, -0.1) is 0 Å². The van der Waals surface area contributed by atoms with E-state index in [1.54, 1.807) is 39.2 Å². The first kappa shape index (κ1) is 15.7. The molecule has 1 amide bonds. The molecule has 0 atom stereocenters. The maximum absolute atomic E-state index is 11.6. The summed E-state index contributed by atoms with van der Waals surface area (Å²) >= 11 is 0. The first-order chi connectivity index (χ1) is 10.4. The zero-order valence-electron chi connectivity index (χ0n) is 12.8. The molecule has 0 fully saturated rings. The summed E-state index contributed by atoms with van der Waals surface area (Å²) in [5.74, 6) is 0.432. The van der Waals surface area contributed by atoms with Crippen molar-refractivity contribution < 1.29 is 9.53 Å². The molecule has 0 unspecified atom stereocenters. The maximum Gasteiger partial charge on any atom is 0.413 e. The lowest BCUT2D eigenvalue weighted by atomic mass is 10.2. The molecule has 0 saturated heterocycles. The van der Waals surface area contributed by atoms with Crippen LogP contribution in [0.15, 0.2) is 36.9 Å². The van der Waals surface area contributed by atoms with Crippen LogP contribution in [-0.4, -0.2) is 26.6 Å². The average molecular weight is 301 g/mol. The van der Waals surface area contributed by atoms with E-state index in [9.17, 15) is 4.79 Å². The molecule has 0 aliphatic rings. The van der Waals surface area contributed by atoms with Crippen LogP contribution >= 0.6 is 0 Å². The minimum absolute atomic E-state index is 0.432. The number of anilines is 2. The van der Waals surface area contributed by atoms with Crippen molar-refractivity contribution in [3.63, 3.8) is 0 Å². The van der Waals surface area contributed by atoms with Gasteiger partial charge in [0.05, 0.1) is 24.1 Å². The number of rotatable bonds is 4. The van der Waals surface area contributed by atoms with E-state index < -0.39 is 11.7 Å². The molecule has 2 heterocycles. The maximum atomic E-state index is 11.6. The Balaban J connectivity index is 1.86. The molecule has 0 radical (unpaired) electrons.